The Morgan fingerprint density at radius 3 is 2.37 bits per heavy atom. The summed E-state index contributed by atoms with van der Waals surface area (Å²) in [5, 5.41) is 13.0. The normalized spacial score (nSPS) is 11.9. The van der Waals surface area contributed by atoms with Crippen LogP contribution in [-0.2, 0) is 11.3 Å². The molecule has 2 aromatic carbocycles. The summed E-state index contributed by atoms with van der Waals surface area (Å²) in [7, 11) is 0. The van der Waals surface area contributed by atoms with Gasteiger partial charge in [-0.3, -0.25) is 4.79 Å². The number of hydrogen-bond donors (Lipinski definition) is 2. The van der Waals surface area contributed by atoms with Gasteiger partial charge in [-0.05, 0) is 43.4 Å². The fourth-order valence-electron chi connectivity index (χ4n) is 3.89. The molecule has 1 atom stereocenters. The number of amides is 1. The van der Waals surface area contributed by atoms with Crippen LogP contribution >= 0.6 is 11.3 Å². The van der Waals surface area contributed by atoms with Gasteiger partial charge in [0.15, 0.2) is 5.13 Å². The Hall–Kier alpha value is -3.19. The van der Waals surface area contributed by atoms with E-state index in [0.29, 0.717) is 18.5 Å². The third-order valence-electron chi connectivity index (χ3n) is 5.78. The maximum atomic E-state index is 12.6. The van der Waals surface area contributed by atoms with Crippen LogP contribution in [0.2, 0.25) is 0 Å². The highest BCUT2D eigenvalue weighted by molar-refractivity contribution is 7.16. The molecule has 6 nitrogen and oxygen atoms in total. The number of carboxylic acid groups (broad SMARTS) is 1. The van der Waals surface area contributed by atoms with Gasteiger partial charge in [0.25, 0.3) is 5.91 Å². The largest absolute Gasteiger partial charge is 0.480 e. The molecular weight excluding hydrogens is 458 g/mol. The van der Waals surface area contributed by atoms with Crippen LogP contribution in [0, 0.1) is 12.8 Å². The van der Waals surface area contributed by atoms with Crippen LogP contribution in [0.4, 0.5) is 5.13 Å². The van der Waals surface area contributed by atoms with Gasteiger partial charge in [0.1, 0.15) is 6.04 Å². The smallest absolute Gasteiger partial charge is 0.326 e. The first kappa shape index (κ1) is 26.4. The highest BCUT2D eigenvalue weighted by atomic mass is 32.1. The van der Waals surface area contributed by atoms with Crippen molar-refractivity contribution >= 4 is 28.3 Å². The zero-order valence-electron chi connectivity index (χ0n) is 21.0. The zero-order chi connectivity index (χ0) is 25.4. The lowest BCUT2D eigenvalue weighted by molar-refractivity contribution is -0.139. The van der Waals surface area contributed by atoms with Crippen molar-refractivity contribution in [1.82, 2.24) is 10.3 Å². The van der Waals surface area contributed by atoms with Crippen LogP contribution in [0.1, 0.15) is 60.8 Å². The Bertz CT molecular complexity index is 1110. The lowest BCUT2D eigenvalue weighted by atomic mass is 10.0. The van der Waals surface area contributed by atoms with E-state index < -0.39 is 12.0 Å². The maximum Gasteiger partial charge on any atom is 0.326 e. The number of benzene rings is 2. The van der Waals surface area contributed by atoms with Gasteiger partial charge in [-0.25, -0.2) is 9.78 Å². The fraction of sp³-hybridized carbons (Fsp3) is 0.393. The lowest BCUT2D eigenvalue weighted by Crippen LogP contribution is -2.41. The second-order valence-electron chi connectivity index (χ2n) is 9.23. The molecule has 0 aliphatic heterocycles. The van der Waals surface area contributed by atoms with E-state index in [1.165, 1.54) is 4.88 Å². The Morgan fingerprint density at radius 1 is 1.09 bits per heavy atom. The molecule has 7 heteroatoms. The Kier molecular flexibility index (Phi) is 9.43. The average Bonchev–Trinajstić information content (AvgIpc) is 3.23. The van der Waals surface area contributed by atoms with Crippen LogP contribution in [0.3, 0.4) is 0 Å². The molecule has 0 fully saturated rings. The van der Waals surface area contributed by atoms with E-state index in [4.69, 9.17) is 4.98 Å². The zero-order valence-corrected chi connectivity index (χ0v) is 21.8. The lowest BCUT2D eigenvalue weighted by Gasteiger charge is -2.22. The molecule has 1 unspecified atom stereocenters. The molecule has 0 radical (unpaired) electrons. The monoisotopic (exact) mass is 493 g/mol. The first-order valence-corrected chi connectivity index (χ1v) is 13.0. The number of nitrogens with zero attached hydrogens (tertiary/aromatic N) is 2. The minimum absolute atomic E-state index is 0.171. The van der Waals surface area contributed by atoms with Crippen LogP contribution < -0.4 is 10.2 Å². The van der Waals surface area contributed by atoms with E-state index in [9.17, 15) is 14.7 Å². The molecule has 0 aliphatic rings. The molecule has 1 aromatic heterocycles. The van der Waals surface area contributed by atoms with Crippen molar-refractivity contribution in [2.24, 2.45) is 5.92 Å². The molecule has 0 aliphatic carbocycles. The molecular formula is C28H35N3O3S. The van der Waals surface area contributed by atoms with Crippen molar-refractivity contribution in [2.75, 3.05) is 11.4 Å². The molecule has 3 rings (SSSR count). The summed E-state index contributed by atoms with van der Waals surface area (Å²) in [6, 6.07) is 16.7. The number of hydrogen-bond acceptors (Lipinski definition) is 5. The first-order valence-electron chi connectivity index (χ1n) is 12.2. The maximum absolute atomic E-state index is 12.6. The number of carboxylic acids is 1. The number of aryl methyl sites for hydroxylation is 1. The van der Waals surface area contributed by atoms with Gasteiger partial charge in [0.2, 0.25) is 0 Å². The van der Waals surface area contributed by atoms with E-state index in [2.05, 4.69) is 36.2 Å². The second-order valence-corrected chi connectivity index (χ2v) is 10.4. The van der Waals surface area contributed by atoms with Crippen molar-refractivity contribution in [3.05, 3.63) is 70.6 Å². The number of aliphatic carboxylic acids is 1. The van der Waals surface area contributed by atoms with Gasteiger partial charge in [0.05, 0.1) is 5.69 Å². The number of thiazole rings is 1. The number of anilines is 1. The van der Waals surface area contributed by atoms with Gasteiger partial charge in [-0.2, -0.15) is 0 Å². The molecule has 3 aromatic rings. The quantitative estimate of drug-likeness (QED) is 0.316. The summed E-state index contributed by atoms with van der Waals surface area (Å²) in [6.07, 6.45) is 2.54. The molecule has 0 spiro atoms. The van der Waals surface area contributed by atoms with Crippen molar-refractivity contribution in [3.8, 4) is 11.3 Å². The summed E-state index contributed by atoms with van der Waals surface area (Å²) >= 11 is 1.70. The summed E-state index contributed by atoms with van der Waals surface area (Å²) in [5.41, 5.74) is 3.67. The first-order chi connectivity index (χ1) is 16.8. The molecule has 0 bridgehead atoms. The molecule has 35 heavy (non-hydrogen) atoms. The van der Waals surface area contributed by atoms with Crippen LogP contribution in [0.25, 0.3) is 11.3 Å². The average molecular weight is 494 g/mol. The van der Waals surface area contributed by atoms with Crippen molar-refractivity contribution in [1.29, 1.82) is 0 Å². The van der Waals surface area contributed by atoms with Gasteiger partial charge in [0, 0.05) is 29.1 Å². The number of aromatic nitrogens is 1. The molecule has 186 valence electrons. The van der Waals surface area contributed by atoms with E-state index in [1.807, 2.05) is 44.2 Å². The summed E-state index contributed by atoms with van der Waals surface area (Å²) in [4.78, 5) is 32.6. The minimum Gasteiger partial charge on any atom is -0.480 e. The van der Waals surface area contributed by atoms with Gasteiger partial charge in [-0.1, -0.05) is 69.7 Å². The van der Waals surface area contributed by atoms with Crippen LogP contribution in [0.15, 0.2) is 54.6 Å². The number of carbonyl (C=O) groups is 2. The molecule has 0 saturated carbocycles. The molecule has 0 saturated heterocycles. The van der Waals surface area contributed by atoms with E-state index in [-0.39, 0.29) is 11.8 Å². The number of carbonyl (C=O) groups excluding carboxylic acids is 1. The predicted molar refractivity (Wildman–Crippen MR) is 143 cm³/mol. The highest BCUT2D eigenvalue weighted by Gasteiger charge is 2.22. The molecule has 1 amide bonds. The van der Waals surface area contributed by atoms with Crippen LogP contribution in [-0.4, -0.2) is 34.6 Å². The van der Waals surface area contributed by atoms with Crippen LogP contribution in [0.5, 0.6) is 0 Å². The van der Waals surface area contributed by atoms with E-state index >= 15 is 0 Å². The number of unbranched alkanes of at least 4 members (excludes halogenated alkanes) is 1. The van der Waals surface area contributed by atoms with E-state index in [1.54, 1.807) is 23.5 Å². The number of rotatable bonds is 12. The van der Waals surface area contributed by atoms with Crippen molar-refractivity contribution in [3.63, 3.8) is 0 Å². The van der Waals surface area contributed by atoms with Gasteiger partial charge >= 0.3 is 5.97 Å². The highest BCUT2D eigenvalue weighted by Crippen LogP contribution is 2.33. The minimum atomic E-state index is -1.01. The standard InChI is InChI=1S/C28H35N3O3S/c1-5-6-16-31(28-30-25(20(4)35-28)22-10-8-7-9-11-22)18-21-12-14-23(15-13-21)26(32)29-24(27(33)34)17-19(2)3/h7-15,19,24H,5-6,16-18H2,1-4H3,(H,29,32)(H,33,34). The van der Waals surface area contributed by atoms with Crippen molar-refractivity contribution < 1.29 is 14.7 Å². The Morgan fingerprint density at radius 2 is 1.77 bits per heavy atom. The molecule has 1 heterocycles. The molecule has 2 N–H and O–H groups in total. The second kappa shape index (κ2) is 12.5. The van der Waals surface area contributed by atoms with Crippen molar-refractivity contribution in [2.45, 2.75) is 59.5 Å². The third kappa shape index (κ3) is 7.39. The van der Waals surface area contributed by atoms with E-state index in [0.717, 1.165) is 41.3 Å². The Labute approximate surface area is 212 Å². The predicted octanol–water partition coefficient (Wildman–Crippen LogP) is 6.15. The number of nitrogens with one attached hydrogen (secondary N) is 1. The van der Waals surface area contributed by atoms with Gasteiger partial charge in [-0.15, -0.1) is 11.3 Å². The SMILES string of the molecule is CCCCN(Cc1ccc(C(=O)NC(CC(C)C)C(=O)O)cc1)c1nc(-c2ccccc2)c(C)s1. The summed E-state index contributed by atoms with van der Waals surface area (Å²) < 4.78 is 0. The summed E-state index contributed by atoms with van der Waals surface area (Å²) in [5.74, 6) is -1.20. The topological polar surface area (TPSA) is 82.5 Å². The Balaban J connectivity index is 1.74. The summed E-state index contributed by atoms with van der Waals surface area (Å²) in [6.45, 7) is 9.75. The fourth-order valence-corrected chi connectivity index (χ4v) is 4.85. The van der Waals surface area contributed by atoms with Gasteiger partial charge < -0.3 is 15.3 Å². The third-order valence-corrected chi connectivity index (χ3v) is 6.82.